The van der Waals surface area contributed by atoms with Crippen LogP contribution in [-0.2, 0) is 10.0 Å². The first-order valence-corrected chi connectivity index (χ1v) is 11.5. The summed E-state index contributed by atoms with van der Waals surface area (Å²) in [6.07, 6.45) is 6.94. The van der Waals surface area contributed by atoms with Gasteiger partial charge >= 0.3 is 0 Å². The average molecular weight is 449 g/mol. The Bertz CT molecular complexity index is 1270. The minimum atomic E-state index is -3.29. The summed E-state index contributed by atoms with van der Waals surface area (Å²) in [5.41, 5.74) is 1.84. The Balaban J connectivity index is 1.48. The van der Waals surface area contributed by atoms with Gasteiger partial charge in [-0.05, 0) is 31.7 Å². The lowest BCUT2D eigenvalue weighted by Gasteiger charge is -2.27. The van der Waals surface area contributed by atoms with Crippen LogP contribution in [0.5, 0.6) is 0 Å². The molecule has 3 aromatic rings. The molecule has 11 heteroatoms. The molecule has 30 heavy (non-hydrogen) atoms. The Hall–Kier alpha value is -2.43. The minimum absolute atomic E-state index is 0.106. The summed E-state index contributed by atoms with van der Waals surface area (Å²) >= 11 is 6.04. The fourth-order valence-electron chi connectivity index (χ4n) is 3.59. The third-order valence-electron chi connectivity index (χ3n) is 5.27. The summed E-state index contributed by atoms with van der Waals surface area (Å²) < 4.78 is 40.9. The van der Waals surface area contributed by atoms with Crippen molar-refractivity contribution in [2.75, 3.05) is 13.1 Å². The summed E-state index contributed by atoms with van der Waals surface area (Å²) in [7, 11) is -3.29. The quantitative estimate of drug-likeness (QED) is 0.658. The van der Waals surface area contributed by atoms with Gasteiger partial charge in [0.15, 0.2) is 17.5 Å². The van der Waals surface area contributed by atoms with Crippen molar-refractivity contribution in [2.24, 2.45) is 4.99 Å². The Labute approximate surface area is 177 Å². The molecule has 1 aliphatic heterocycles. The van der Waals surface area contributed by atoms with Crippen LogP contribution in [0.1, 0.15) is 25.7 Å². The van der Waals surface area contributed by atoms with Gasteiger partial charge in [-0.15, -0.1) is 0 Å². The third kappa shape index (κ3) is 3.59. The van der Waals surface area contributed by atoms with E-state index in [4.69, 9.17) is 11.6 Å². The number of pyridine rings is 1. The highest BCUT2D eigenvalue weighted by Gasteiger charge is 2.41. The molecule has 1 aliphatic carbocycles. The van der Waals surface area contributed by atoms with Crippen molar-refractivity contribution in [3.05, 3.63) is 35.5 Å². The van der Waals surface area contributed by atoms with Crippen LogP contribution < -0.4 is 0 Å². The first-order valence-electron chi connectivity index (χ1n) is 9.63. The molecule has 8 nitrogen and oxygen atoms in total. The minimum Gasteiger partial charge on any atom is -0.345 e. The number of halogens is 2. The van der Waals surface area contributed by atoms with E-state index in [1.165, 1.54) is 10.5 Å². The molecule has 1 saturated carbocycles. The fourth-order valence-corrected chi connectivity index (χ4v) is 5.61. The number of nitrogens with one attached hydrogen (secondary N) is 1. The van der Waals surface area contributed by atoms with Crippen molar-refractivity contribution >= 4 is 44.2 Å². The molecule has 0 spiro atoms. The number of hydrogen-bond acceptors (Lipinski definition) is 6. The van der Waals surface area contributed by atoms with E-state index in [-0.39, 0.29) is 23.4 Å². The van der Waals surface area contributed by atoms with E-state index in [0.717, 1.165) is 6.20 Å². The van der Waals surface area contributed by atoms with Gasteiger partial charge in [0, 0.05) is 35.6 Å². The molecule has 1 saturated heterocycles. The van der Waals surface area contributed by atoms with Crippen molar-refractivity contribution in [1.82, 2.24) is 24.2 Å². The molecule has 3 aromatic heterocycles. The SMILES string of the molecule is O=S(=O)(C1CC1)N1CCCC(=Nc2nc(-c3c[nH]c4ncc(Cl)cc34)ncc2F)C1. The zero-order chi connectivity index (χ0) is 20.9. The summed E-state index contributed by atoms with van der Waals surface area (Å²) in [6.45, 7) is 0.642. The lowest BCUT2D eigenvalue weighted by Crippen LogP contribution is -2.41. The number of H-pyrrole nitrogens is 1. The Morgan fingerprint density at radius 3 is 2.90 bits per heavy atom. The number of aliphatic imine (C=N–C) groups is 1. The summed E-state index contributed by atoms with van der Waals surface area (Å²) in [5.74, 6) is -0.487. The summed E-state index contributed by atoms with van der Waals surface area (Å²) in [5, 5.41) is 0.902. The van der Waals surface area contributed by atoms with Gasteiger partial charge in [0.05, 0.1) is 23.0 Å². The molecule has 0 radical (unpaired) electrons. The maximum atomic E-state index is 14.4. The van der Waals surface area contributed by atoms with Gasteiger partial charge < -0.3 is 4.98 Å². The van der Waals surface area contributed by atoms with Gasteiger partial charge in [0.25, 0.3) is 0 Å². The Morgan fingerprint density at radius 1 is 1.27 bits per heavy atom. The highest BCUT2D eigenvalue weighted by Crippen LogP contribution is 2.33. The zero-order valence-corrected chi connectivity index (χ0v) is 17.4. The number of piperidine rings is 1. The van der Waals surface area contributed by atoms with E-state index in [1.54, 1.807) is 12.3 Å². The summed E-state index contributed by atoms with van der Waals surface area (Å²) in [6, 6.07) is 1.73. The number of sulfonamides is 1. The lowest BCUT2D eigenvalue weighted by molar-refractivity contribution is 0.424. The molecule has 1 N–H and O–H groups in total. The summed E-state index contributed by atoms with van der Waals surface area (Å²) in [4.78, 5) is 20.0. The van der Waals surface area contributed by atoms with Crippen LogP contribution in [0.4, 0.5) is 10.2 Å². The molecule has 0 unspecified atom stereocenters. The smallest absolute Gasteiger partial charge is 0.217 e. The van der Waals surface area contributed by atoms with Gasteiger partial charge in [-0.3, -0.25) is 0 Å². The van der Waals surface area contributed by atoms with E-state index >= 15 is 0 Å². The first kappa shape index (κ1) is 19.5. The molecule has 156 valence electrons. The first-order chi connectivity index (χ1) is 14.4. The molecule has 2 aliphatic rings. The monoisotopic (exact) mass is 448 g/mol. The number of fused-ring (bicyclic) bond motifs is 1. The second kappa shape index (κ2) is 7.36. The molecule has 0 bridgehead atoms. The Kier molecular flexibility index (Phi) is 4.79. The van der Waals surface area contributed by atoms with Crippen molar-refractivity contribution in [3.8, 4) is 11.4 Å². The van der Waals surface area contributed by atoms with E-state index in [9.17, 15) is 12.8 Å². The van der Waals surface area contributed by atoms with E-state index in [0.29, 0.717) is 59.6 Å². The molecule has 0 aromatic carbocycles. The molecule has 0 atom stereocenters. The molecule has 0 amide bonds. The van der Waals surface area contributed by atoms with Crippen molar-refractivity contribution < 1.29 is 12.8 Å². The van der Waals surface area contributed by atoms with Gasteiger partial charge in [0.2, 0.25) is 10.0 Å². The normalized spacial score (nSPS) is 19.6. The second-order valence-electron chi connectivity index (χ2n) is 7.48. The van der Waals surface area contributed by atoms with E-state index in [1.807, 2.05) is 0 Å². The second-order valence-corrected chi connectivity index (χ2v) is 10.1. The molecular formula is C19H18ClFN6O2S. The predicted molar refractivity (Wildman–Crippen MR) is 112 cm³/mol. The van der Waals surface area contributed by atoms with Crippen molar-refractivity contribution in [1.29, 1.82) is 0 Å². The van der Waals surface area contributed by atoms with Crippen LogP contribution in [0, 0.1) is 5.82 Å². The number of rotatable bonds is 4. The van der Waals surface area contributed by atoms with Crippen LogP contribution >= 0.6 is 11.6 Å². The maximum absolute atomic E-state index is 14.4. The lowest BCUT2D eigenvalue weighted by atomic mass is 10.1. The van der Waals surface area contributed by atoms with Crippen molar-refractivity contribution in [3.63, 3.8) is 0 Å². The zero-order valence-electron chi connectivity index (χ0n) is 15.8. The van der Waals surface area contributed by atoms with Crippen LogP contribution in [0.25, 0.3) is 22.4 Å². The van der Waals surface area contributed by atoms with Gasteiger partial charge in [-0.2, -0.15) is 4.31 Å². The standard InChI is InChI=1S/C19H18ClFN6O2S/c20-11-6-14-15(8-23-17(14)22-7-11)18-24-9-16(21)19(26-18)25-12-2-1-5-27(10-12)30(28,29)13-3-4-13/h6-9,13H,1-5,10H2,(H,22,23). The number of hydrogen-bond donors (Lipinski definition) is 1. The van der Waals surface area contributed by atoms with E-state index in [2.05, 4.69) is 24.9 Å². The number of nitrogens with zero attached hydrogens (tertiary/aromatic N) is 5. The number of aromatic amines is 1. The van der Waals surface area contributed by atoms with Crippen LogP contribution in [-0.4, -0.2) is 56.7 Å². The molecule has 2 fully saturated rings. The topological polar surface area (TPSA) is 104 Å². The van der Waals surface area contributed by atoms with Gasteiger partial charge in [-0.25, -0.2) is 32.8 Å². The highest BCUT2D eigenvalue weighted by atomic mass is 35.5. The maximum Gasteiger partial charge on any atom is 0.217 e. The fraction of sp³-hybridized carbons (Fsp3) is 0.368. The predicted octanol–water partition coefficient (Wildman–Crippen LogP) is 3.47. The van der Waals surface area contributed by atoms with Gasteiger partial charge in [0.1, 0.15) is 5.65 Å². The Morgan fingerprint density at radius 2 is 2.10 bits per heavy atom. The molecular weight excluding hydrogens is 431 g/mol. The van der Waals surface area contributed by atoms with Gasteiger partial charge in [-0.1, -0.05) is 11.6 Å². The van der Waals surface area contributed by atoms with E-state index < -0.39 is 15.8 Å². The van der Waals surface area contributed by atoms with Crippen molar-refractivity contribution in [2.45, 2.75) is 30.9 Å². The molecule has 4 heterocycles. The molecule has 5 rings (SSSR count). The third-order valence-corrected chi connectivity index (χ3v) is 7.82. The van der Waals surface area contributed by atoms with Crippen LogP contribution in [0.2, 0.25) is 5.02 Å². The highest BCUT2D eigenvalue weighted by molar-refractivity contribution is 7.90. The van der Waals surface area contributed by atoms with Crippen LogP contribution in [0.3, 0.4) is 0 Å². The largest absolute Gasteiger partial charge is 0.345 e. The number of aromatic nitrogens is 4. The average Bonchev–Trinajstić information content (AvgIpc) is 3.51. The van der Waals surface area contributed by atoms with Crippen LogP contribution in [0.15, 0.2) is 29.6 Å².